The number of aliphatic hydroxyl groups is 2. The molecular formula is C21H25N7O6. The molecular weight excluding hydrogens is 446 g/mol. The van der Waals surface area contributed by atoms with Crippen molar-refractivity contribution in [1.82, 2.24) is 24.8 Å². The number of nitrogen functional groups attached to an aromatic ring is 1. The summed E-state index contributed by atoms with van der Waals surface area (Å²) in [4.78, 5) is 37.0. The Balaban J connectivity index is 1.64. The Morgan fingerprint density at radius 2 is 2.03 bits per heavy atom. The summed E-state index contributed by atoms with van der Waals surface area (Å²) in [6.07, 6.45) is -3.93. The number of ether oxygens (including phenoxy) is 2. The molecule has 0 radical (unpaired) electrons. The highest BCUT2D eigenvalue weighted by atomic mass is 16.6. The van der Waals surface area contributed by atoms with Crippen molar-refractivity contribution in [2.75, 3.05) is 24.2 Å². The topological polar surface area (TPSA) is 187 Å². The molecule has 0 aliphatic carbocycles. The van der Waals surface area contributed by atoms with Crippen LogP contribution in [0.5, 0.6) is 0 Å². The molecule has 6 N–H and O–H groups in total. The first kappa shape index (κ1) is 23.4. The summed E-state index contributed by atoms with van der Waals surface area (Å²) in [6.45, 7) is 4.04. The lowest BCUT2D eigenvalue weighted by atomic mass is 10.1. The fraction of sp³-hybridized carbons (Fsp3) is 0.381. The number of esters is 1. The number of hydrogen-bond acceptors (Lipinski definition) is 11. The molecule has 0 unspecified atom stereocenters. The molecule has 0 saturated carbocycles. The van der Waals surface area contributed by atoms with Gasteiger partial charge in [0.2, 0.25) is 5.95 Å². The Labute approximate surface area is 193 Å². The highest BCUT2D eigenvalue weighted by molar-refractivity contribution is 5.91. The van der Waals surface area contributed by atoms with Crippen LogP contribution in [0, 0.1) is 0 Å². The molecule has 1 aromatic carbocycles. The zero-order valence-corrected chi connectivity index (χ0v) is 18.5. The van der Waals surface area contributed by atoms with Crippen LogP contribution in [0.25, 0.3) is 11.2 Å². The van der Waals surface area contributed by atoms with Crippen LogP contribution in [0.3, 0.4) is 0 Å². The van der Waals surface area contributed by atoms with E-state index in [0.717, 1.165) is 0 Å². The zero-order valence-electron chi connectivity index (χ0n) is 18.5. The number of fused-ring (bicyclic) bond motifs is 1. The minimum absolute atomic E-state index is 0.0566. The standard InChI is InChI=1S/C21H25N7O6/c1-3-23-18(31)15-13(29)14(30)19(34-15)28-9-24-12-16(22)26-21(27-17(12)28)25-11-7-5-6-10(8-11)20(32)33-4-2/h5-9,13-15,19,29-30H,3-4H2,1-2H3,(H,23,31)(H3,22,25,26,27)/t13-,14+,15-,19+/m0/s1. The molecule has 1 aliphatic rings. The second-order valence-corrected chi connectivity index (χ2v) is 7.51. The first-order valence-corrected chi connectivity index (χ1v) is 10.7. The van der Waals surface area contributed by atoms with Gasteiger partial charge in [-0.1, -0.05) is 6.07 Å². The monoisotopic (exact) mass is 471 g/mol. The van der Waals surface area contributed by atoms with Crippen molar-refractivity contribution < 1.29 is 29.3 Å². The minimum atomic E-state index is -1.45. The van der Waals surface area contributed by atoms with E-state index in [1.54, 1.807) is 38.1 Å². The van der Waals surface area contributed by atoms with Crippen LogP contribution in [0.15, 0.2) is 30.6 Å². The highest BCUT2D eigenvalue weighted by Gasteiger charge is 2.47. The molecule has 3 aromatic rings. The average Bonchev–Trinajstić information content (AvgIpc) is 3.36. The molecule has 34 heavy (non-hydrogen) atoms. The fourth-order valence-electron chi connectivity index (χ4n) is 3.63. The van der Waals surface area contributed by atoms with Gasteiger partial charge in [0.15, 0.2) is 23.8 Å². The minimum Gasteiger partial charge on any atom is -0.462 e. The lowest BCUT2D eigenvalue weighted by molar-refractivity contribution is -0.137. The smallest absolute Gasteiger partial charge is 0.338 e. The molecule has 4 rings (SSSR count). The summed E-state index contributed by atoms with van der Waals surface area (Å²) in [5.74, 6) is -0.853. The number of rotatable bonds is 7. The van der Waals surface area contributed by atoms with Gasteiger partial charge in [-0.15, -0.1) is 0 Å². The Kier molecular flexibility index (Phi) is 6.58. The second kappa shape index (κ2) is 9.59. The Hall–Kier alpha value is -3.81. The molecule has 1 fully saturated rings. The summed E-state index contributed by atoms with van der Waals surface area (Å²) >= 11 is 0. The van der Waals surface area contributed by atoms with E-state index in [-0.39, 0.29) is 29.5 Å². The van der Waals surface area contributed by atoms with Crippen molar-refractivity contribution in [3.63, 3.8) is 0 Å². The van der Waals surface area contributed by atoms with Gasteiger partial charge in [0.1, 0.15) is 17.7 Å². The van der Waals surface area contributed by atoms with Crippen LogP contribution in [0.2, 0.25) is 0 Å². The maximum absolute atomic E-state index is 12.2. The number of anilines is 3. The Morgan fingerprint density at radius 1 is 1.24 bits per heavy atom. The SMILES string of the molecule is CCNC(=O)[C@H]1O[C@@H](n2cnc3c(N)nc(Nc4cccc(C(=O)OCC)c4)nc32)[C@H](O)[C@@H]1O. The van der Waals surface area contributed by atoms with Gasteiger partial charge < -0.3 is 36.1 Å². The number of nitrogens with zero attached hydrogens (tertiary/aromatic N) is 4. The van der Waals surface area contributed by atoms with Gasteiger partial charge in [-0.3, -0.25) is 9.36 Å². The van der Waals surface area contributed by atoms with Crippen LogP contribution in [-0.4, -0.2) is 73.1 Å². The van der Waals surface area contributed by atoms with Gasteiger partial charge in [0, 0.05) is 12.2 Å². The number of likely N-dealkylation sites (N-methyl/N-ethyl adjacent to an activating group) is 1. The maximum Gasteiger partial charge on any atom is 0.338 e. The number of carbonyl (C=O) groups is 2. The third-order valence-corrected chi connectivity index (χ3v) is 5.20. The van der Waals surface area contributed by atoms with Crippen LogP contribution in [0.4, 0.5) is 17.5 Å². The molecule has 1 saturated heterocycles. The molecule has 4 atom stereocenters. The summed E-state index contributed by atoms with van der Waals surface area (Å²) in [5, 5.41) is 26.4. The fourth-order valence-corrected chi connectivity index (χ4v) is 3.63. The van der Waals surface area contributed by atoms with E-state index >= 15 is 0 Å². The number of hydrogen-bond donors (Lipinski definition) is 5. The van der Waals surface area contributed by atoms with Gasteiger partial charge in [0.05, 0.1) is 18.5 Å². The van der Waals surface area contributed by atoms with Crippen LogP contribution < -0.4 is 16.4 Å². The summed E-state index contributed by atoms with van der Waals surface area (Å²) in [6, 6.07) is 6.58. The largest absolute Gasteiger partial charge is 0.462 e. The highest BCUT2D eigenvalue weighted by Crippen LogP contribution is 2.33. The summed E-state index contributed by atoms with van der Waals surface area (Å²) in [5.41, 5.74) is 7.38. The quantitative estimate of drug-likeness (QED) is 0.294. The Bertz CT molecular complexity index is 1220. The van der Waals surface area contributed by atoms with Crippen LogP contribution in [0.1, 0.15) is 30.4 Å². The zero-order chi connectivity index (χ0) is 24.4. The van der Waals surface area contributed by atoms with Gasteiger partial charge >= 0.3 is 5.97 Å². The number of aromatic nitrogens is 4. The van der Waals surface area contributed by atoms with E-state index < -0.39 is 36.4 Å². The van der Waals surface area contributed by atoms with Crippen molar-refractivity contribution in [3.05, 3.63) is 36.2 Å². The van der Waals surface area contributed by atoms with Crippen molar-refractivity contribution in [2.45, 2.75) is 38.4 Å². The first-order valence-electron chi connectivity index (χ1n) is 10.7. The molecule has 0 bridgehead atoms. The predicted octanol–water partition coefficient (Wildman–Crippen LogP) is 0.0841. The molecule has 0 spiro atoms. The molecule has 180 valence electrons. The number of amides is 1. The number of imidazole rings is 1. The summed E-state index contributed by atoms with van der Waals surface area (Å²) < 4.78 is 12.0. The van der Waals surface area contributed by atoms with Gasteiger partial charge in [-0.2, -0.15) is 9.97 Å². The van der Waals surface area contributed by atoms with Gasteiger partial charge in [-0.05, 0) is 32.0 Å². The Morgan fingerprint density at radius 3 is 2.76 bits per heavy atom. The van der Waals surface area contributed by atoms with E-state index in [2.05, 4.69) is 25.6 Å². The third kappa shape index (κ3) is 4.35. The number of aliphatic hydroxyl groups excluding tert-OH is 2. The van der Waals surface area contributed by atoms with E-state index in [4.69, 9.17) is 15.2 Å². The van der Waals surface area contributed by atoms with Crippen LogP contribution >= 0.6 is 0 Å². The molecule has 1 aliphatic heterocycles. The number of nitrogens with two attached hydrogens (primary N) is 1. The molecule has 3 heterocycles. The molecule has 13 heteroatoms. The molecule has 1 amide bonds. The van der Waals surface area contributed by atoms with Crippen molar-refractivity contribution in [2.24, 2.45) is 0 Å². The van der Waals surface area contributed by atoms with Crippen molar-refractivity contribution in [3.8, 4) is 0 Å². The number of benzene rings is 1. The van der Waals surface area contributed by atoms with Crippen LogP contribution in [-0.2, 0) is 14.3 Å². The molecule has 13 nitrogen and oxygen atoms in total. The molecule has 2 aromatic heterocycles. The predicted molar refractivity (Wildman–Crippen MR) is 120 cm³/mol. The number of nitrogens with one attached hydrogen (secondary N) is 2. The van der Waals surface area contributed by atoms with Crippen molar-refractivity contribution in [1.29, 1.82) is 0 Å². The lowest BCUT2D eigenvalue weighted by Crippen LogP contribution is -2.42. The van der Waals surface area contributed by atoms with E-state index in [1.807, 2.05) is 0 Å². The lowest BCUT2D eigenvalue weighted by Gasteiger charge is -2.17. The van der Waals surface area contributed by atoms with E-state index in [0.29, 0.717) is 17.8 Å². The maximum atomic E-state index is 12.2. The third-order valence-electron chi connectivity index (χ3n) is 5.20. The van der Waals surface area contributed by atoms with Gasteiger partial charge in [-0.25, -0.2) is 9.78 Å². The van der Waals surface area contributed by atoms with Crippen molar-refractivity contribution >= 4 is 40.5 Å². The van der Waals surface area contributed by atoms with E-state index in [9.17, 15) is 19.8 Å². The average molecular weight is 471 g/mol. The first-order chi connectivity index (χ1) is 16.3. The van der Waals surface area contributed by atoms with E-state index in [1.165, 1.54) is 10.9 Å². The number of carbonyl (C=O) groups excluding carboxylic acids is 2. The summed E-state index contributed by atoms with van der Waals surface area (Å²) in [7, 11) is 0. The van der Waals surface area contributed by atoms with Gasteiger partial charge in [0.25, 0.3) is 5.91 Å². The second-order valence-electron chi connectivity index (χ2n) is 7.51. The normalized spacial score (nSPS) is 22.0.